The molecule has 2 aliphatic rings. The number of rotatable bonds is 3. The number of amides is 3. The Hall–Kier alpha value is -2.68. The quantitative estimate of drug-likeness (QED) is 0.602. The van der Waals surface area contributed by atoms with Crippen LogP contribution in [0.5, 0.6) is 5.75 Å². The molecule has 0 spiro atoms. The van der Waals surface area contributed by atoms with Gasteiger partial charge in [0.15, 0.2) is 0 Å². The summed E-state index contributed by atoms with van der Waals surface area (Å²) in [6.07, 6.45) is 3.30. The molecule has 1 aliphatic carbocycles. The van der Waals surface area contributed by atoms with Crippen molar-refractivity contribution in [1.29, 1.82) is 0 Å². The Morgan fingerprint density at radius 1 is 1.14 bits per heavy atom. The van der Waals surface area contributed by atoms with Crippen molar-refractivity contribution in [3.8, 4) is 5.75 Å². The summed E-state index contributed by atoms with van der Waals surface area (Å²) in [6.45, 7) is 6.68. The fourth-order valence-electron chi connectivity index (χ4n) is 4.36. The van der Waals surface area contributed by atoms with Gasteiger partial charge in [-0.3, -0.25) is 14.4 Å². The zero-order valence-corrected chi connectivity index (χ0v) is 21.2. The second-order valence-corrected chi connectivity index (χ2v) is 10.0. The predicted molar refractivity (Wildman–Crippen MR) is 131 cm³/mol. The number of ether oxygens (including phenoxy) is 1. The van der Waals surface area contributed by atoms with Crippen LogP contribution in [0.4, 0.5) is 4.39 Å². The van der Waals surface area contributed by atoms with E-state index in [0.29, 0.717) is 43.7 Å². The molecule has 9 heteroatoms. The number of hydrogen-bond donors (Lipinski definition) is 3. The van der Waals surface area contributed by atoms with E-state index in [9.17, 15) is 18.8 Å². The minimum absolute atomic E-state index is 0.160. The maximum absolute atomic E-state index is 14.5. The van der Waals surface area contributed by atoms with E-state index in [1.54, 1.807) is 26.1 Å². The maximum atomic E-state index is 14.5. The largest absolute Gasteiger partial charge is 0.492 e. The first kappa shape index (κ1) is 26.9. The molecule has 1 fully saturated rings. The summed E-state index contributed by atoms with van der Waals surface area (Å²) >= 11 is 0. The summed E-state index contributed by atoms with van der Waals surface area (Å²) in [6, 6.07) is 2.90. The molecule has 3 rings (SSSR count). The van der Waals surface area contributed by atoms with Gasteiger partial charge in [0.2, 0.25) is 17.7 Å². The number of likely N-dealkylation sites (N-methyl/N-ethyl adjacent to an activating group) is 1. The van der Waals surface area contributed by atoms with Crippen LogP contribution >= 0.6 is 0 Å². The Kier molecular flexibility index (Phi) is 9.48. The minimum atomic E-state index is -0.724. The predicted octanol–water partition coefficient (Wildman–Crippen LogP) is 2.01. The van der Waals surface area contributed by atoms with Gasteiger partial charge in [-0.15, -0.1) is 0 Å². The van der Waals surface area contributed by atoms with Gasteiger partial charge in [-0.1, -0.05) is 19.9 Å². The molecule has 8 nitrogen and oxygen atoms in total. The zero-order valence-electron chi connectivity index (χ0n) is 21.2. The molecule has 194 valence electrons. The monoisotopic (exact) mass is 490 g/mol. The van der Waals surface area contributed by atoms with E-state index in [1.807, 2.05) is 13.8 Å². The fraction of sp³-hybridized carbons (Fsp3) is 0.654. The Labute approximate surface area is 207 Å². The molecule has 1 aliphatic heterocycles. The maximum Gasteiger partial charge on any atom is 0.243 e. The topological polar surface area (TPSA) is 99.8 Å². The van der Waals surface area contributed by atoms with Crippen LogP contribution in [0, 0.1) is 17.7 Å². The van der Waals surface area contributed by atoms with Crippen LogP contribution in [0.25, 0.3) is 0 Å². The van der Waals surface area contributed by atoms with Gasteiger partial charge in [0.1, 0.15) is 30.3 Å². The zero-order chi connectivity index (χ0) is 25.5. The summed E-state index contributed by atoms with van der Waals surface area (Å²) in [7, 11) is 1.62. The van der Waals surface area contributed by atoms with Crippen molar-refractivity contribution in [3.05, 3.63) is 29.6 Å². The molecule has 0 bridgehead atoms. The third-order valence-corrected chi connectivity index (χ3v) is 6.71. The van der Waals surface area contributed by atoms with Gasteiger partial charge < -0.3 is 25.6 Å². The number of nitrogens with zero attached hydrogens (tertiary/aromatic N) is 1. The number of hydrogen-bond acceptors (Lipinski definition) is 5. The number of nitrogens with one attached hydrogen (secondary N) is 3. The lowest BCUT2D eigenvalue weighted by atomic mass is 10.0. The number of halogens is 1. The van der Waals surface area contributed by atoms with E-state index in [0.717, 1.165) is 12.8 Å². The van der Waals surface area contributed by atoms with Crippen LogP contribution < -0.4 is 20.7 Å². The normalized spacial score (nSPS) is 25.7. The summed E-state index contributed by atoms with van der Waals surface area (Å²) in [5.41, 5.74) is 0.471. The Morgan fingerprint density at radius 3 is 2.57 bits per heavy atom. The molecule has 0 saturated heterocycles. The lowest BCUT2D eigenvalue weighted by Crippen LogP contribution is -2.56. The molecule has 1 saturated carbocycles. The SMILES string of the molecule is CC(C)C[C@H]1NC(=O)[C@@H](C)N(C)C(=O)[C@H](C2CC2)NCCOc2cccc(F)c2CCCNC1=O. The van der Waals surface area contributed by atoms with Crippen LogP contribution in [0.1, 0.15) is 52.0 Å². The van der Waals surface area contributed by atoms with Gasteiger partial charge in [-0.25, -0.2) is 4.39 Å². The molecule has 3 amide bonds. The number of fused-ring (bicyclic) bond motifs is 1. The Bertz CT molecular complexity index is 905. The standard InChI is InChI=1S/C26H39FN4O4/c1-16(2)15-21-25(33)29-12-6-7-19-20(27)8-5-9-22(19)35-14-13-28-23(18-10-11-18)26(34)31(4)17(3)24(32)30-21/h5,8-9,16-18,21,23,28H,6-7,10-15H2,1-4H3,(H,29,33)(H,30,32)/t17-,21-,23+/m1/s1. The van der Waals surface area contributed by atoms with Crippen molar-refractivity contribution in [2.24, 2.45) is 11.8 Å². The van der Waals surface area contributed by atoms with E-state index < -0.39 is 18.1 Å². The van der Waals surface area contributed by atoms with Gasteiger partial charge in [-0.2, -0.15) is 0 Å². The van der Waals surface area contributed by atoms with Crippen LogP contribution in [0.15, 0.2) is 18.2 Å². The highest BCUT2D eigenvalue weighted by Crippen LogP contribution is 2.33. The average Bonchev–Trinajstić information content (AvgIpc) is 3.65. The molecule has 1 aromatic carbocycles. The van der Waals surface area contributed by atoms with Crippen LogP contribution in [-0.2, 0) is 20.8 Å². The summed E-state index contributed by atoms with van der Waals surface area (Å²) in [4.78, 5) is 40.6. The molecule has 35 heavy (non-hydrogen) atoms. The van der Waals surface area contributed by atoms with E-state index in [4.69, 9.17) is 4.74 Å². The van der Waals surface area contributed by atoms with E-state index >= 15 is 0 Å². The van der Waals surface area contributed by atoms with Crippen molar-refractivity contribution in [3.63, 3.8) is 0 Å². The number of benzene rings is 1. The van der Waals surface area contributed by atoms with Crippen molar-refractivity contribution >= 4 is 17.7 Å². The van der Waals surface area contributed by atoms with Gasteiger partial charge in [0.25, 0.3) is 0 Å². The summed E-state index contributed by atoms with van der Waals surface area (Å²) < 4.78 is 20.4. The van der Waals surface area contributed by atoms with Crippen molar-refractivity contribution in [2.45, 2.75) is 71.0 Å². The lowest BCUT2D eigenvalue weighted by Gasteiger charge is -2.30. The van der Waals surface area contributed by atoms with Gasteiger partial charge in [0.05, 0.1) is 6.04 Å². The molecule has 1 heterocycles. The highest BCUT2D eigenvalue weighted by Gasteiger charge is 2.39. The van der Waals surface area contributed by atoms with Crippen LogP contribution in [0.3, 0.4) is 0 Å². The average molecular weight is 491 g/mol. The smallest absolute Gasteiger partial charge is 0.243 e. The second-order valence-electron chi connectivity index (χ2n) is 10.0. The van der Waals surface area contributed by atoms with E-state index in [2.05, 4.69) is 16.0 Å². The third kappa shape index (κ3) is 7.40. The van der Waals surface area contributed by atoms with E-state index in [-0.39, 0.29) is 42.0 Å². The third-order valence-electron chi connectivity index (χ3n) is 6.71. The molecule has 3 N–H and O–H groups in total. The number of carbonyl (C=O) groups is 3. The molecule has 0 radical (unpaired) electrons. The highest BCUT2D eigenvalue weighted by molar-refractivity contribution is 5.93. The molecule has 1 aromatic rings. The molecular formula is C26H39FN4O4. The first-order chi connectivity index (χ1) is 16.7. The lowest BCUT2D eigenvalue weighted by molar-refractivity contribution is -0.141. The summed E-state index contributed by atoms with van der Waals surface area (Å²) in [5.74, 6) is -0.275. The highest BCUT2D eigenvalue weighted by atomic mass is 19.1. The Morgan fingerprint density at radius 2 is 1.89 bits per heavy atom. The molecule has 0 aromatic heterocycles. The van der Waals surface area contributed by atoms with Gasteiger partial charge in [0, 0.05) is 25.7 Å². The number of carbonyl (C=O) groups excluding carboxylic acids is 3. The summed E-state index contributed by atoms with van der Waals surface area (Å²) in [5, 5.41) is 9.00. The minimum Gasteiger partial charge on any atom is -0.492 e. The van der Waals surface area contributed by atoms with Crippen LogP contribution in [-0.4, -0.2) is 67.5 Å². The molecule has 3 atom stereocenters. The fourth-order valence-corrected chi connectivity index (χ4v) is 4.36. The molecule has 0 unspecified atom stereocenters. The Balaban J connectivity index is 1.81. The van der Waals surface area contributed by atoms with Crippen molar-refractivity contribution in [2.75, 3.05) is 26.7 Å². The first-order valence-corrected chi connectivity index (χ1v) is 12.7. The van der Waals surface area contributed by atoms with E-state index in [1.165, 1.54) is 11.0 Å². The van der Waals surface area contributed by atoms with Crippen molar-refractivity contribution < 1.29 is 23.5 Å². The van der Waals surface area contributed by atoms with Gasteiger partial charge >= 0.3 is 0 Å². The second kappa shape index (κ2) is 12.3. The van der Waals surface area contributed by atoms with Crippen LogP contribution in [0.2, 0.25) is 0 Å². The van der Waals surface area contributed by atoms with Crippen molar-refractivity contribution in [1.82, 2.24) is 20.9 Å². The molecular weight excluding hydrogens is 451 g/mol. The first-order valence-electron chi connectivity index (χ1n) is 12.7. The van der Waals surface area contributed by atoms with Gasteiger partial charge in [-0.05, 0) is 63.0 Å².